The predicted octanol–water partition coefficient (Wildman–Crippen LogP) is 2.30. The Morgan fingerprint density at radius 3 is 2.48 bits per heavy atom. The Morgan fingerprint density at radius 1 is 1.12 bits per heavy atom. The molecule has 0 unspecified atom stereocenters. The Bertz CT molecular complexity index is 781. The molecular weight excluding hydrogens is 322 g/mol. The fraction of sp³-hybridized carbons (Fsp3) is 0.353. The zero-order chi connectivity index (χ0) is 17.8. The Labute approximate surface area is 145 Å². The molecule has 130 valence electrons. The second kappa shape index (κ2) is 7.25. The van der Waals surface area contributed by atoms with Gasteiger partial charge in [0.05, 0.1) is 4.92 Å². The van der Waals surface area contributed by atoms with Crippen molar-refractivity contribution in [2.45, 2.75) is 13.3 Å². The zero-order valence-electron chi connectivity index (χ0n) is 14.0. The van der Waals surface area contributed by atoms with E-state index in [9.17, 15) is 14.9 Å². The largest absolute Gasteiger partial charge is 0.364 e. The molecule has 8 heteroatoms. The van der Waals surface area contributed by atoms with Crippen LogP contribution in [0.2, 0.25) is 0 Å². The molecule has 0 aliphatic carbocycles. The van der Waals surface area contributed by atoms with Crippen molar-refractivity contribution < 1.29 is 9.72 Å². The van der Waals surface area contributed by atoms with Crippen LogP contribution in [-0.2, 0) is 0 Å². The molecule has 8 nitrogen and oxygen atoms in total. The third kappa shape index (κ3) is 3.73. The third-order valence-corrected chi connectivity index (χ3v) is 4.25. The summed E-state index contributed by atoms with van der Waals surface area (Å²) in [6.45, 7) is 4.19. The Hall–Kier alpha value is -3.03. The van der Waals surface area contributed by atoms with Crippen LogP contribution in [0.15, 0.2) is 36.7 Å². The molecule has 1 aromatic carbocycles. The van der Waals surface area contributed by atoms with Crippen LogP contribution in [0, 0.1) is 10.1 Å². The number of carbonyl (C=O) groups excluding carboxylic acids is 1. The molecule has 1 fully saturated rings. The summed E-state index contributed by atoms with van der Waals surface area (Å²) >= 11 is 0. The number of nitro groups is 1. The number of nitrogens with zero attached hydrogens (tertiary/aromatic N) is 5. The van der Waals surface area contributed by atoms with Gasteiger partial charge in [-0.3, -0.25) is 14.9 Å². The van der Waals surface area contributed by atoms with Gasteiger partial charge in [0.15, 0.2) is 5.78 Å². The smallest absolute Gasteiger partial charge is 0.293 e. The molecule has 0 radical (unpaired) electrons. The molecule has 1 aliphatic rings. The number of rotatable bonds is 4. The number of hydrogen-bond donors (Lipinski definition) is 0. The summed E-state index contributed by atoms with van der Waals surface area (Å²) in [5.74, 6) is 0.490. The summed E-state index contributed by atoms with van der Waals surface area (Å²) in [5, 5.41) is 11.4. The van der Waals surface area contributed by atoms with E-state index in [0.717, 1.165) is 13.0 Å². The molecule has 1 aromatic heterocycles. The lowest BCUT2D eigenvalue weighted by molar-refractivity contribution is -0.384. The molecule has 2 heterocycles. The minimum Gasteiger partial charge on any atom is -0.364 e. The highest BCUT2D eigenvalue weighted by molar-refractivity contribution is 5.95. The first kappa shape index (κ1) is 16.8. The van der Waals surface area contributed by atoms with Gasteiger partial charge < -0.3 is 9.80 Å². The first-order chi connectivity index (χ1) is 12.1. The molecule has 2 aromatic rings. The lowest BCUT2D eigenvalue weighted by atomic mass is 10.1. The fourth-order valence-corrected chi connectivity index (χ4v) is 2.97. The SMILES string of the molecule is CC(=O)c1ccc(N2CCCN(c3ncccn3)CC2)c([N+](=O)[O-])c1. The molecule has 1 saturated heterocycles. The molecule has 25 heavy (non-hydrogen) atoms. The number of Topliss-reactive ketones (excluding diaryl/α,β-unsaturated/α-hetero) is 1. The van der Waals surface area contributed by atoms with Crippen LogP contribution in [0.3, 0.4) is 0 Å². The Kier molecular flexibility index (Phi) is 4.87. The highest BCUT2D eigenvalue weighted by Gasteiger charge is 2.24. The number of carbonyl (C=O) groups is 1. The van der Waals surface area contributed by atoms with Gasteiger partial charge in [0.1, 0.15) is 5.69 Å². The summed E-state index contributed by atoms with van der Waals surface area (Å²) in [6, 6.07) is 6.45. The number of benzene rings is 1. The quantitative estimate of drug-likeness (QED) is 0.478. The summed E-state index contributed by atoms with van der Waals surface area (Å²) in [6.07, 6.45) is 4.25. The topological polar surface area (TPSA) is 92.5 Å². The minimum absolute atomic E-state index is 0.0305. The number of ketones is 1. The third-order valence-electron chi connectivity index (χ3n) is 4.25. The van der Waals surface area contributed by atoms with E-state index in [4.69, 9.17) is 0 Å². The number of nitro benzene ring substituents is 1. The highest BCUT2D eigenvalue weighted by atomic mass is 16.6. The van der Waals surface area contributed by atoms with Gasteiger partial charge in [-0.25, -0.2) is 9.97 Å². The van der Waals surface area contributed by atoms with Crippen molar-refractivity contribution in [2.75, 3.05) is 36.0 Å². The van der Waals surface area contributed by atoms with Gasteiger partial charge in [0.2, 0.25) is 5.95 Å². The maximum absolute atomic E-state index is 11.5. The average molecular weight is 341 g/mol. The van der Waals surface area contributed by atoms with Crippen LogP contribution < -0.4 is 9.80 Å². The zero-order valence-corrected chi connectivity index (χ0v) is 14.0. The lowest BCUT2D eigenvalue weighted by Crippen LogP contribution is -2.31. The van der Waals surface area contributed by atoms with Gasteiger partial charge in [-0.2, -0.15) is 0 Å². The van der Waals surface area contributed by atoms with Gasteiger partial charge in [-0.05, 0) is 31.5 Å². The minimum atomic E-state index is -0.426. The van der Waals surface area contributed by atoms with Crippen molar-refractivity contribution in [3.63, 3.8) is 0 Å². The van der Waals surface area contributed by atoms with Crippen LogP contribution >= 0.6 is 0 Å². The molecule has 0 atom stereocenters. The van der Waals surface area contributed by atoms with E-state index in [0.29, 0.717) is 36.8 Å². The fourth-order valence-electron chi connectivity index (χ4n) is 2.97. The molecular formula is C17H19N5O3. The molecule has 0 saturated carbocycles. The van der Waals surface area contributed by atoms with Crippen LogP contribution in [0.25, 0.3) is 0 Å². The van der Waals surface area contributed by atoms with E-state index < -0.39 is 4.92 Å². The highest BCUT2D eigenvalue weighted by Crippen LogP contribution is 2.30. The summed E-state index contributed by atoms with van der Waals surface area (Å²) in [5.41, 5.74) is 0.868. The Morgan fingerprint density at radius 2 is 1.80 bits per heavy atom. The molecule has 0 spiro atoms. The number of aromatic nitrogens is 2. The monoisotopic (exact) mass is 341 g/mol. The van der Waals surface area contributed by atoms with Crippen LogP contribution in [0.5, 0.6) is 0 Å². The van der Waals surface area contributed by atoms with Crippen LogP contribution in [0.1, 0.15) is 23.7 Å². The standard InChI is InChI=1S/C17H19N5O3/c1-13(23)14-4-5-15(16(12-14)22(24)25)20-8-3-9-21(11-10-20)17-18-6-2-7-19-17/h2,4-7,12H,3,8-11H2,1H3. The van der Waals surface area contributed by atoms with E-state index in [2.05, 4.69) is 14.9 Å². The summed E-state index contributed by atoms with van der Waals surface area (Å²) in [7, 11) is 0. The van der Waals surface area contributed by atoms with E-state index in [1.165, 1.54) is 13.0 Å². The molecule has 3 rings (SSSR count). The Balaban J connectivity index is 1.83. The van der Waals surface area contributed by atoms with Gasteiger partial charge in [-0.1, -0.05) is 0 Å². The first-order valence-electron chi connectivity index (χ1n) is 8.12. The summed E-state index contributed by atoms with van der Waals surface area (Å²) < 4.78 is 0. The van der Waals surface area contributed by atoms with E-state index >= 15 is 0 Å². The van der Waals surface area contributed by atoms with Crippen molar-refractivity contribution in [1.29, 1.82) is 0 Å². The molecule has 0 N–H and O–H groups in total. The van der Waals surface area contributed by atoms with Gasteiger partial charge >= 0.3 is 0 Å². The second-order valence-electron chi connectivity index (χ2n) is 5.89. The van der Waals surface area contributed by atoms with Crippen molar-refractivity contribution in [3.8, 4) is 0 Å². The van der Waals surface area contributed by atoms with Crippen molar-refractivity contribution in [2.24, 2.45) is 0 Å². The number of anilines is 2. The molecule has 0 amide bonds. The van der Waals surface area contributed by atoms with E-state index in [-0.39, 0.29) is 11.5 Å². The number of hydrogen-bond acceptors (Lipinski definition) is 7. The van der Waals surface area contributed by atoms with E-state index in [1.54, 1.807) is 30.6 Å². The van der Waals surface area contributed by atoms with Gasteiger partial charge in [-0.15, -0.1) is 0 Å². The van der Waals surface area contributed by atoms with Crippen LogP contribution in [0.4, 0.5) is 17.3 Å². The maximum Gasteiger partial charge on any atom is 0.293 e. The first-order valence-corrected chi connectivity index (χ1v) is 8.12. The van der Waals surface area contributed by atoms with Crippen molar-refractivity contribution >= 4 is 23.1 Å². The molecule has 1 aliphatic heterocycles. The van der Waals surface area contributed by atoms with Gasteiger partial charge in [0.25, 0.3) is 5.69 Å². The summed E-state index contributed by atoms with van der Waals surface area (Å²) in [4.78, 5) is 35.1. The second-order valence-corrected chi connectivity index (χ2v) is 5.89. The predicted molar refractivity (Wildman–Crippen MR) is 94.2 cm³/mol. The van der Waals surface area contributed by atoms with Crippen LogP contribution in [-0.4, -0.2) is 46.9 Å². The molecule has 0 bridgehead atoms. The van der Waals surface area contributed by atoms with Crippen molar-refractivity contribution in [3.05, 3.63) is 52.3 Å². The lowest BCUT2D eigenvalue weighted by Gasteiger charge is -2.23. The average Bonchev–Trinajstić information content (AvgIpc) is 2.88. The van der Waals surface area contributed by atoms with Gasteiger partial charge in [0, 0.05) is 50.2 Å². The normalized spacial score (nSPS) is 14.9. The van der Waals surface area contributed by atoms with E-state index in [1.807, 2.05) is 4.90 Å². The maximum atomic E-state index is 11.5. The van der Waals surface area contributed by atoms with Crippen molar-refractivity contribution in [1.82, 2.24) is 9.97 Å².